The predicted molar refractivity (Wildman–Crippen MR) is 70.9 cm³/mol. The van der Waals surface area contributed by atoms with Crippen LogP contribution in [-0.4, -0.2) is 20.0 Å². The molecule has 90 valence electrons. The van der Waals surface area contributed by atoms with Crippen molar-refractivity contribution in [1.82, 2.24) is 5.32 Å². The summed E-state index contributed by atoms with van der Waals surface area (Å²) in [5, 5.41) is 2.75. The molecule has 0 spiro atoms. The van der Waals surface area contributed by atoms with Gasteiger partial charge in [-0.15, -0.1) is 24.0 Å². The van der Waals surface area contributed by atoms with E-state index < -0.39 is 0 Å². The lowest BCUT2D eigenvalue weighted by Crippen LogP contribution is -1.89. The van der Waals surface area contributed by atoms with E-state index in [1.165, 1.54) is 44.9 Å². The molecule has 0 aliphatic heterocycles. The Labute approximate surface area is 101 Å². The molecule has 0 heterocycles. The van der Waals surface area contributed by atoms with Crippen LogP contribution in [0.15, 0.2) is 0 Å². The van der Waals surface area contributed by atoms with Gasteiger partial charge in [-0.2, -0.15) is 0 Å². The Balaban J connectivity index is -0.000000267. The lowest BCUT2D eigenvalue weighted by Gasteiger charge is -1.97. The van der Waals surface area contributed by atoms with Gasteiger partial charge in [-0.1, -0.05) is 45.4 Å². The van der Waals surface area contributed by atoms with E-state index in [9.17, 15) is 0 Å². The van der Waals surface area contributed by atoms with Crippen molar-refractivity contribution in [3.63, 3.8) is 0 Å². The second-order valence-corrected chi connectivity index (χ2v) is 3.69. The van der Waals surface area contributed by atoms with Crippen molar-refractivity contribution in [1.29, 1.82) is 0 Å². The second kappa shape index (κ2) is 23.4. The molecule has 0 rings (SSSR count). The molecule has 0 saturated carbocycles. The average Bonchev–Trinajstić information content (AvgIpc) is 2.13. The molecule has 0 unspecified atom stereocenters. The molecule has 0 bridgehead atoms. The molecule has 0 aromatic heterocycles. The SMILES string of the molecule is CCCCCCCCCCl.CNC.Cl. The molecule has 0 aromatic rings. The van der Waals surface area contributed by atoms with Crippen LogP contribution in [0.4, 0.5) is 0 Å². The first-order chi connectivity index (χ1) is 6.33. The highest BCUT2D eigenvalue weighted by atomic mass is 35.5. The van der Waals surface area contributed by atoms with Crippen LogP contribution in [0.1, 0.15) is 51.9 Å². The maximum atomic E-state index is 5.54. The third-order valence-corrected chi connectivity index (χ3v) is 2.00. The zero-order valence-electron chi connectivity index (χ0n) is 9.94. The molecule has 3 heteroatoms. The molecule has 0 aromatic carbocycles. The van der Waals surface area contributed by atoms with Crippen molar-refractivity contribution in [2.75, 3.05) is 20.0 Å². The predicted octanol–water partition coefficient (Wildman–Crippen LogP) is 4.23. The Kier molecular flexibility index (Phi) is 33.4. The standard InChI is InChI=1S/C9H19Cl.C2H7N.ClH/c1-2-3-4-5-6-7-8-9-10;1-3-2;/h2-9H2,1H3;3H,1-2H3;1H. The minimum absolute atomic E-state index is 0. The van der Waals surface area contributed by atoms with Gasteiger partial charge in [0, 0.05) is 5.88 Å². The summed E-state index contributed by atoms with van der Waals surface area (Å²) in [6, 6.07) is 0. The molecule has 0 fully saturated rings. The monoisotopic (exact) mass is 243 g/mol. The maximum Gasteiger partial charge on any atom is 0.0223 e. The molecule has 0 aliphatic rings. The van der Waals surface area contributed by atoms with Crippen LogP contribution >= 0.6 is 24.0 Å². The average molecular weight is 244 g/mol. The van der Waals surface area contributed by atoms with Gasteiger partial charge in [-0.25, -0.2) is 0 Å². The number of hydrogen-bond acceptors (Lipinski definition) is 1. The highest BCUT2D eigenvalue weighted by Gasteiger charge is 1.88. The van der Waals surface area contributed by atoms with Crippen molar-refractivity contribution < 1.29 is 0 Å². The minimum Gasteiger partial charge on any atom is -0.323 e. The summed E-state index contributed by atoms with van der Waals surface area (Å²) >= 11 is 5.54. The van der Waals surface area contributed by atoms with Crippen LogP contribution in [0.3, 0.4) is 0 Å². The van der Waals surface area contributed by atoms with Gasteiger partial charge in [-0.05, 0) is 20.5 Å². The van der Waals surface area contributed by atoms with E-state index in [2.05, 4.69) is 12.2 Å². The fourth-order valence-electron chi connectivity index (χ4n) is 1.05. The van der Waals surface area contributed by atoms with Crippen molar-refractivity contribution in [3.05, 3.63) is 0 Å². The number of halogens is 2. The van der Waals surface area contributed by atoms with Gasteiger partial charge in [0.15, 0.2) is 0 Å². The molecule has 14 heavy (non-hydrogen) atoms. The van der Waals surface area contributed by atoms with Crippen molar-refractivity contribution >= 4 is 24.0 Å². The molecule has 0 atom stereocenters. The number of rotatable bonds is 7. The van der Waals surface area contributed by atoms with E-state index in [0.29, 0.717) is 0 Å². The summed E-state index contributed by atoms with van der Waals surface area (Å²) in [5.41, 5.74) is 0. The summed E-state index contributed by atoms with van der Waals surface area (Å²) in [7, 11) is 3.75. The van der Waals surface area contributed by atoms with Gasteiger partial charge < -0.3 is 5.32 Å². The Morgan fingerprint density at radius 3 is 1.57 bits per heavy atom. The summed E-state index contributed by atoms with van der Waals surface area (Å²) in [6.07, 6.45) is 9.48. The van der Waals surface area contributed by atoms with Crippen LogP contribution in [0.5, 0.6) is 0 Å². The largest absolute Gasteiger partial charge is 0.323 e. The van der Waals surface area contributed by atoms with Gasteiger partial charge in [0.2, 0.25) is 0 Å². The highest BCUT2D eigenvalue weighted by Crippen LogP contribution is 2.06. The van der Waals surface area contributed by atoms with Crippen LogP contribution in [0.25, 0.3) is 0 Å². The Morgan fingerprint density at radius 2 is 1.21 bits per heavy atom. The summed E-state index contributed by atoms with van der Waals surface area (Å²) in [4.78, 5) is 0. The Bertz CT molecular complexity index is 62.3. The smallest absolute Gasteiger partial charge is 0.0223 e. The molecular weight excluding hydrogens is 217 g/mol. The number of nitrogens with one attached hydrogen (secondary N) is 1. The zero-order valence-corrected chi connectivity index (χ0v) is 11.5. The topological polar surface area (TPSA) is 12.0 Å². The number of alkyl halides is 1. The van der Waals surface area contributed by atoms with Crippen LogP contribution in [0, 0.1) is 0 Å². The van der Waals surface area contributed by atoms with Gasteiger partial charge in [0.25, 0.3) is 0 Å². The lowest BCUT2D eigenvalue weighted by atomic mass is 10.1. The number of hydrogen-bond donors (Lipinski definition) is 1. The van der Waals surface area contributed by atoms with E-state index >= 15 is 0 Å². The second-order valence-electron chi connectivity index (χ2n) is 3.31. The van der Waals surface area contributed by atoms with Crippen molar-refractivity contribution in [3.8, 4) is 0 Å². The summed E-state index contributed by atoms with van der Waals surface area (Å²) in [5.74, 6) is 0.841. The molecule has 0 aliphatic carbocycles. The van der Waals surface area contributed by atoms with Crippen LogP contribution < -0.4 is 5.32 Å². The van der Waals surface area contributed by atoms with E-state index in [1.54, 1.807) is 0 Å². The molecule has 1 N–H and O–H groups in total. The molecule has 0 radical (unpaired) electrons. The third kappa shape index (κ3) is 29.4. The molecular formula is C11H27Cl2N. The molecule has 1 nitrogen and oxygen atoms in total. The van der Waals surface area contributed by atoms with Gasteiger partial charge in [0.1, 0.15) is 0 Å². The molecule has 0 saturated heterocycles. The first-order valence-electron chi connectivity index (χ1n) is 5.47. The lowest BCUT2D eigenvalue weighted by molar-refractivity contribution is 0.603. The van der Waals surface area contributed by atoms with E-state index in [1.807, 2.05) is 14.1 Å². The Morgan fingerprint density at radius 1 is 0.857 bits per heavy atom. The van der Waals surface area contributed by atoms with E-state index in [4.69, 9.17) is 11.6 Å². The first kappa shape index (κ1) is 20.0. The summed E-state index contributed by atoms with van der Waals surface area (Å²) < 4.78 is 0. The minimum atomic E-state index is 0. The van der Waals surface area contributed by atoms with Crippen LogP contribution in [0.2, 0.25) is 0 Å². The van der Waals surface area contributed by atoms with Gasteiger partial charge in [-0.3, -0.25) is 0 Å². The van der Waals surface area contributed by atoms with E-state index in [-0.39, 0.29) is 12.4 Å². The van der Waals surface area contributed by atoms with Gasteiger partial charge in [0.05, 0.1) is 0 Å². The van der Waals surface area contributed by atoms with Crippen LogP contribution in [-0.2, 0) is 0 Å². The Hall–Kier alpha value is 0.540. The quantitative estimate of drug-likeness (QED) is 0.522. The third-order valence-electron chi connectivity index (χ3n) is 1.74. The van der Waals surface area contributed by atoms with E-state index in [0.717, 1.165) is 5.88 Å². The summed E-state index contributed by atoms with van der Waals surface area (Å²) in [6.45, 7) is 2.25. The fraction of sp³-hybridized carbons (Fsp3) is 1.00. The highest BCUT2D eigenvalue weighted by molar-refractivity contribution is 6.17. The maximum absolute atomic E-state index is 5.54. The fourth-order valence-corrected chi connectivity index (χ4v) is 1.24. The first-order valence-corrected chi connectivity index (χ1v) is 6.01. The van der Waals surface area contributed by atoms with Crippen molar-refractivity contribution in [2.24, 2.45) is 0 Å². The molecule has 0 amide bonds. The number of unbranched alkanes of at least 4 members (excludes halogenated alkanes) is 6. The normalized spacial score (nSPS) is 8.57. The zero-order chi connectivity index (χ0) is 10.4. The van der Waals surface area contributed by atoms with Gasteiger partial charge >= 0.3 is 0 Å². The van der Waals surface area contributed by atoms with Crippen molar-refractivity contribution in [2.45, 2.75) is 51.9 Å².